The summed E-state index contributed by atoms with van der Waals surface area (Å²) >= 11 is 0. The minimum Gasteiger partial charge on any atom is -0.338 e. The van der Waals surface area contributed by atoms with Gasteiger partial charge in [0.05, 0.1) is 18.3 Å². The van der Waals surface area contributed by atoms with E-state index in [4.69, 9.17) is 0 Å². The largest absolute Gasteiger partial charge is 0.338 e. The number of aryl methyl sites for hydroxylation is 2. The van der Waals surface area contributed by atoms with Crippen molar-refractivity contribution in [3.8, 4) is 0 Å². The maximum Gasteiger partial charge on any atom is 0.150 e. The van der Waals surface area contributed by atoms with Gasteiger partial charge in [-0.15, -0.1) is 0 Å². The summed E-state index contributed by atoms with van der Waals surface area (Å²) in [6.45, 7) is 7.74. The highest BCUT2D eigenvalue weighted by atomic mass is 15.3. The van der Waals surface area contributed by atoms with Gasteiger partial charge in [-0.25, -0.2) is 9.97 Å². The fourth-order valence-corrected chi connectivity index (χ4v) is 3.76. The SMILES string of the molecule is Cc1cn(C2=CCC3C(=C2)N(c2cn(C)cn2)CC3(C)C)cn1. The van der Waals surface area contributed by atoms with Crippen LogP contribution in [0.15, 0.2) is 42.9 Å². The molecule has 5 heteroatoms. The minimum absolute atomic E-state index is 0.246. The van der Waals surface area contributed by atoms with Crippen LogP contribution in [0.1, 0.15) is 26.0 Å². The van der Waals surface area contributed by atoms with Gasteiger partial charge in [0.2, 0.25) is 0 Å². The molecule has 2 aromatic rings. The van der Waals surface area contributed by atoms with Crippen LogP contribution in [-0.2, 0) is 7.05 Å². The van der Waals surface area contributed by atoms with E-state index in [-0.39, 0.29) is 5.41 Å². The number of anilines is 1. The summed E-state index contributed by atoms with van der Waals surface area (Å²) in [5.41, 5.74) is 3.86. The number of allylic oxidation sites excluding steroid dienone is 4. The molecular formula is C18H23N5. The molecular weight excluding hydrogens is 286 g/mol. The van der Waals surface area contributed by atoms with Crippen LogP contribution in [0, 0.1) is 18.3 Å². The van der Waals surface area contributed by atoms with E-state index in [1.807, 2.05) is 31.2 Å². The fourth-order valence-electron chi connectivity index (χ4n) is 3.76. The Hall–Kier alpha value is -2.30. The Morgan fingerprint density at radius 1 is 1.17 bits per heavy atom. The second-order valence-electron chi connectivity index (χ2n) is 7.38. The molecule has 0 amide bonds. The Bertz CT molecular complexity index is 805. The summed E-state index contributed by atoms with van der Waals surface area (Å²) in [5, 5.41) is 0. The quantitative estimate of drug-likeness (QED) is 0.855. The molecule has 1 unspecified atom stereocenters. The zero-order chi connectivity index (χ0) is 16.2. The molecule has 2 aromatic heterocycles. The van der Waals surface area contributed by atoms with Crippen molar-refractivity contribution in [3.05, 3.63) is 48.6 Å². The van der Waals surface area contributed by atoms with Crippen LogP contribution < -0.4 is 4.90 Å². The number of rotatable bonds is 2. The normalized spacial score (nSPS) is 22.8. The number of hydrogen-bond acceptors (Lipinski definition) is 3. The van der Waals surface area contributed by atoms with Crippen LogP contribution in [0.5, 0.6) is 0 Å². The highest BCUT2D eigenvalue weighted by Crippen LogP contribution is 2.48. The van der Waals surface area contributed by atoms with Crippen LogP contribution >= 0.6 is 0 Å². The van der Waals surface area contributed by atoms with Crippen LogP contribution in [0.4, 0.5) is 5.82 Å². The summed E-state index contributed by atoms with van der Waals surface area (Å²) < 4.78 is 4.12. The first kappa shape index (κ1) is 14.3. The van der Waals surface area contributed by atoms with E-state index in [2.05, 4.69) is 57.8 Å². The van der Waals surface area contributed by atoms with E-state index in [1.165, 1.54) is 11.4 Å². The smallest absolute Gasteiger partial charge is 0.150 e. The zero-order valence-corrected chi connectivity index (χ0v) is 14.2. The molecule has 0 N–H and O–H groups in total. The first-order chi connectivity index (χ1) is 10.9. The first-order valence-electron chi connectivity index (χ1n) is 8.12. The summed E-state index contributed by atoms with van der Waals surface area (Å²) in [5.74, 6) is 1.58. The van der Waals surface area contributed by atoms with Crippen LogP contribution in [-0.4, -0.2) is 25.6 Å². The molecule has 0 saturated carbocycles. The highest BCUT2D eigenvalue weighted by Gasteiger charge is 2.44. The number of imidazole rings is 2. The molecule has 1 aliphatic heterocycles. The number of fused-ring (bicyclic) bond motifs is 1. The van der Waals surface area contributed by atoms with Crippen molar-refractivity contribution in [1.82, 2.24) is 19.1 Å². The Balaban J connectivity index is 1.75. The van der Waals surface area contributed by atoms with Gasteiger partial charge in [-0.2, -0.15) is 0 Å². The third-order valence-corrected chi connectivity index (χ3v) is 5.01. The van der Waals surface area contributed by atoms with Gasteiger partial charge in [0, 0.05) is 43.3 Å². The van der Waals surface area contributed by atoms with E-state index in [0.29, 0.717) is 5.92 Å². The fraction of sp³-hybridized carbons (Fsp3) is 0.444. The van der Waals surface area contributed by atoms with E-state index >= 15 is 0 Å². The molecule has 0 radical (unpaired) electrons. The molecule has 23 heavy (non-hydrogen) atoms. The van der Waals surface area contributed by atoms with Crippen molar-refractivity contribution in [3.63, 3.8) is 0 Å². The van der Waals surface area contributed by atoms with Crippen molar-refractivity contribution in [2.45, 2.75) is 27.2 Å². The molecule has 1 aliphatic carbocycles. The molecule has 2 aliphatic rings. The molecule has 0 spiro atoms. The van der Waals surface area contributed by atoms with Crippen LogP contribution in [0.2, 0.25) is 0 Å². The van der Waals surface area contributed by atoms with Gasteiger partial charge < -0.3 is 14.0 Å². The second-order valence-corrected chi connectivity index (χ2v) is 7.38. The van der Waals surface area contributed by atoms with Crippen molar-refractivity contribution in [1.29, 1.82) is 0 Å². The first-order valence-corrected chi connectivity index (χ1v) is 8.12. The molecule has 5 nitrogen and oxygen atoms in total. The Kier molecular flexibility index (Phi) is 3.01. The molecule has 1 saturated heterocycles. The van der Waals surface area contributed by atoms with E-state index < -0.39 is 0 Å². The number of nitrogens with zero attached hydrogens (tertiary/aromatic N) is 5. The Morgan fingerprint density at radius 3 is 2.65 bits per heavy atom. The van der Waals surface area contributed by atoms with Gasteiger partial charge in [0.1, 0.15) is 0 Å². The zero-order valence-electron chi connectivity index (χ0n) is 14.2. The summed E-state index contributed by atoms with van der Waals surface area (Å²) in [7, 11) is 2.02. The predicted molar refractivity (Wildman–Crippen MR) is 91.8 cm³/mol. The van der Waals surface area contributed by atoms with Crippen molar-refractivity contribution >= 4 is 11.5 Å². The lowest BCUT2D eigenvalue weighted by Gasteiger charge is -2.27. The average molecular weight is 309 g/mol. The lowest BCUT2D eigenvalue weighted by Crippen LogP contribution is -2.23. The molecule has 0 aromatic carbocycles. The monoisotopic (exact) mass is 309 g/mol. The van der Waals surface area contributed by atoms with Crippen LogP contribution in [0.3, 0.4) is 0 Å². The lowest BCUT2D eigenvalue weighted by atomic mass is 9.77. The minimum atomic E-state index is 0.246. The second kappa shape index (κ2) is 4.85. The molecule has 3 heterocycles. The lowest BCUT2D eigenvalue weighted by molar-refractivity contribution is 0.306. The molecule has 1 fully saturated rings. The number of hydrogen-bond donors (Lipinski definition) is 0. The molecule has 0 bridgehead atoms. The standard InChI is InChI=1S/C18H23N5/c1-13-8-22(12-19-13)14-5-6-15-16(7-14)23(10-18(15,2)3)17-9-21(4)11-20-17/h5,7-9,11-12,15H,6,10H2,1-4H3. The summed E-state index contributed by atoms with van der Waals surface area (Å²) in [6, 6.07) is 0. The number of aromatic nitrogens is 4. The van der Waals surface area contributed by atoms with Crippen LogP contribution in [0.25, 0.3) is 5.70 Å². The van der Waals surface area contributed by atoms with Crippen molar-refractivity contribution in [2.75, 3.05) is 11.4 Å². The average Bonchev–Trinajstić information content (AvgIpc) is 3.18. The third-order valence-electron chi connectivity index (χ3n) is 5.01. The maximum absolute atomic E-state index is 4.57. The predicted octanol–water partition coefficient (Wildman–Crippen LogP) is 3.22. The topological polar surface area (TPSA) is 38.9 Å². The maximum atomic E-state index is 4.57. The van der Waals surface area contributed by atoms with Gasteiger partial charge in [0.25, 0.3) is 0 Å². The third kappa shape index (κ3) is 2.31. The Labute approximate surface area is 137 Å². The van der Waals surface area contributed by atoms with Gasteiger partial charge in [-0.05, 0) is 24.8 Å². The van der Waals surface area contributed by atoms with E-state index in [1.54, 1.807) is 0 Å². The van der Waals surface area contributed by atoms with Crippen molar-refractivity contribution < 1.29 is 0 Å². The molecule has 1 atom stereocenters. The highest BCUT2D eigenvalue weighted by molar-refractivity contribution is 5.65. The van der Waals surface area contributed by atoms with E-state index in [0.717, 1.165) is 24.5 Å². The molecule has 4 rings (SSSR count). The van der Waals surface area contributed by atoms with Gasteiger partial charge >= 0.3 is 0 Å². The summed E-state index contributed by atoms with van der Waals surface area (Å²) in [6.07, 6.45) is 13.6. The van der Waals surface area contributed by atoms with Crippen molar-refractivity contribution in [2.24, 2.45) is 18.4 Å². The van der Waals surface area contributed by atoms with Gasteiger partial charge in [-0.3, -0.25) is 0 Å². The van der Waals surface area contributed by atoms with Gasteiger partial charge in [0.15, 0.2) is 5.82 Å². The Morgan fingerprint density at radius 2 is 2.00 bits per heavy atom. The molecule has 120 valence electrons. The van der Waals surface area contributed by atoms with Gasteiger partial charge in [-0.1, -0.05) is 19.9 Å². The summed E-state index contributed by atoms with van der Waals surface area (Å²) in [4.78, 5) is 11.3. The van der Waals surface area contributed by atoms with E-state index in [9.17, 15) is 0 Å².